The number of likely N-dealkylation sites (tertiary alicyclic amines) is 1. The van der Waals surface area contributed by atoms with Crippen molar-refractivity contribution in [2.75, 3.05) is 13.1 Å². The number of imidazole rings is 1. The number of hydrogen-bond acceptors (Lipinski definition) is 5. The Bertz CT molecular complexity index is 896. The molecule has 4 rings (SSSR count). The van der Waals surface area contributed by atoms with E-state index in [0.29, 0.717) is 23.3 Å². The van der Waals surface area contributed by atoms with Crippen molar-refractivity contribution in [2.24, 2.45) is 11.8 Å². The molecule has 0 saturated carbocycles. The van der Waals surface area contributed by atoms with E-state index in [4.69, 9.17) is 0 Å². The fourth-order valence-electron chi connectivity index (χ4n) is 3.70. The summed E-state index contributed by atoms with van der Waals surface area (Å²) in [5.74, 6) is 1.48. The van der Waals surface area contributed by atoms with Gasteiger partial charge < -0.3 is 4.90 Å². The van der Waals surface area contributed by atoms with E-state index >= 15 is 0 Å². The quantitative estimate of drug-likeness (QED) is 0.690. The van der Waals surface area contributed by atoms with Crippen LogP contribution < -0.4 is 0 Å². The van der Waals surface area contributed by atoms with Gasteiger partial charge in [0, 0.05) is 44.4 Å². The monoisotopic (exact) mass is 367 g/mol. The van der Waals surface area contributed by atoms with E-state index in [0.717, 1.165) is 44.6 Å². The highest BCUT2D eigenvalue weighted by Crippen LogP contribution is 2.20. The molecule has 1 fully saturated rings. The minimum Gasteiger partial charge on any atom is -0.337 e. The molecule has 0 aromatic carbocycles. The molecule has 27 heavy (non-hydrogen) atoms. The van der Waals surface area contributed by atoms with Crippen molar-refractivity contribution in [1.29, 1.82) is 0 Å². The summed E-state index contributed by atoms with van der Waals surface area (Å²) in [5, 5.41) is 8.52. The highest BCUT2D eigenvalue weighted by atomic mass is 16.2. The van der Waals surface area contributed by atoms with Gasteiger partial charge in [-0.1, -0.05) is 19.1 Å². The number of amides is 1. The minimum absolute atomic E-state index is 0.0238. The molecule has 0 spiro atoms. The normalized spacial score (nSPS) is 17.7. The van der Waals surface area contributed by atoms with Gasteiger partial charge in [0.15, 0.2) is 0 Å². The first kappa shape index (κ1) is 17.6. The summed E-state index contributed by atoms with van der Waals surface area (Å²) in [6, 6.07) is 1.82. The summed E-state index contributed by atoms with van der Waals surface area (Å²) in [7, 11) is 0. The molecule has 1 atom stereocenters. The van der Waals surface area contributed by atoms with Crippen LogP contribution in [-0.4, -0.2) is 53.3 Å². The van der Waals surface area contributed by atoms with Crippen LogP contribution in [0.1, 0.15) is 42.9 Å². The Balaban J connectivity index is 1.41. The first-order valence-corrected chi connectivity index (χ1v) is 9.56. The Morgan fingerprint density at radius 3 is 3.04 bits per heavy atom. The fraction of sp³-hybridized carbons (Fsp3) is 0.526. The molecule has 8 heteroatoms. The lowest BCUT2D eigenvalue weighted by Crippen LogP contribution is -2.41. The highest BCUT2D eigenvalue weighted by molar-refractivity contribution is 5.92. The van der Waals surface area contributed by atoms with Crippen LogP contribution in [0.5, 0.6) is 0 Å². The van der Waals surface area contributed by atoms with Crippen LogP contribution in [0.3, 0.4) is 0 Å². The molecule has 1 aliphatic heterocycles. The molecule has 4 heterocycles. The van der Waals surface area contributed by atoms with Gasteiger partial charge in [-0.25, -0.2) is 9.97 Å². The third-order valence-electron chi connectivity index (χ3n) is 4.91. The summed E-state index contributed by atoms with van der Waals surface area (Å²) in [6.07, 6.45) is 10.4. The molecule has 0 unspecified atom stereocenters. The SMILES string of the molecule is CC(C)Cc1cn(C[C@H]2CCCN(C(=O)c3cn4cccnc4n3)C2)nn1. The molecule has 0 N–H and O–H groups in total. The van der Waals surface area contributed by atoms with E-state index in [1.165, 1.54) is 0 Å². The lowest BCUT2D eigenvalue weighted by atomic mass is 9.98. The van der Waals surface area contributed by atoms with Crippen molar-refractivity contribution in [2.45, 2.75) is 39.7 Å². The molecule has 142 valence electrons. The molecule has 1 saturated heterocycles. The van der Waals surface area contributed by atoms with E-state index in [1.54, 1.807) is 16.8 Å². The van der Waals surface area contributed by atoms with Crippen molar-refractivity contribution in [3.05, 3.63) is 42.2 Å². The zero-order chi connectivity index (χ0) is 18.8. The molecule has 3 aromatic rings. The van der Waals surface area contributed by atoms with E-state index < -0.39 is 0 Å². The van der Waals surface area contributed by atoms with Crippen molar-refractivity contribution >= 4 is 11.7 Å². The molecular formula is C19H25N7O. The summed E-state index contributed by atoms with van der Waals surface area (Å²) in [4.78, 5) is 23.3. The number of hydrogen-bond donors (Lipinski definition) is 0. The van der Waals surface area contributed by atoms with Crippen LogP contribution in [0.4, 0.5) is 0 Å². The van der Waals surface area contributed by atoms with E-state index in [2.05, 4.69) is 34.1 Å². The molecule has 1 aliphatic rings. The van der Waals surface area contributed by atoms with Crippen molar-refractivity contribution < 1.29 is 4.79 Å². The van der Waals surface area contributed by atoms with Crippen LogP contribution in [0, 0.1) is 11.8 Å². The van der Waals surface area contributed by atoms with Crippen molar-refractivity contribution in [1.82, 2.24) is 34.3 Å². The van der Waals surface area contributed by atoms with Gasteiger partial charge in [-0.05, 0) is 37.2 Å². The molecule has 0 bridgehead atoms. The first-order chi connectivity index (χ1) is 13.1. The standard InChI is InChI=1S/C19H25N7O/c1-14(2)9-16-12-26(23-22-16)11-15-5-3-7-24(10-15)18(27)17-13-25-8-4-6-20-19(25)21-17/h4,6,8,12-15H,3,5,7,9-11H2,1-2H3/t15-/m0/s1. The number of fused-ring (bicyclic) bond motifs is 1. The molecule has 3 aromatic heterocycles. The largest absolute Gasteiger partial charge is 0.337 e. The van der Waals surface area contributed by atoms with Gasteiger partial charge in [0.2, 0.25) is 5.78 Å². The predicted octanol–water partition coefficient (Wildman–Crippen LogP) is 2.07. The minimum atomic E-state index is -0.0238. The number of aromatic nitrogens is 6. The third-order valence-corrected chi connectivity index (χ3v) is 4.91. The van der Waals surface area contributed by atoms with Gasteiger partial charge in [-0.2, -0.15) is 0 Å². The van der Waals surface area contributed by atoms with Crippen molar-refractivity contribution in [3.63, 3.8) is 0 Å². The fourth-order valence-corrected chi connectivity index (χ4v) is 3.70. The second kappa shape index (κ2) is 7.46. The first-order valence-electron chi connectivity index (χ1n) is 9.56. The number of piperidine rings is 1. The van der Waals surface area contributed by atoms with E-state index in [-0.39, 0.29) is 5.91 Å². The number of rotatable bonds is 5. The summed E-state index contributed by atoms with van der Waals surface area (Å²) in [5.41, 5.74) is 1.49. The van der Waals surface area contributed by atoms with Crippen molar-refractivity contribution in [3.8, 4) is 0 Å². The summed E-state index contributed by atoms with van der Waals surface area (Å²) < 4.78 is 3.70. The van der Waals surface area contributed by atoms with Crippen LogP contribution in [0.2, 0.25) is 0 Å². The second-order valence-electron chi connectivity index (χ2n) is 7.74. The van der Waals surface area contributed by atoms with Gasteiger partial charge in [0.1, 0.15) is 5.69 Å². The molecular weight excluding hydrogens is 342 g/mol. The lowest BCUT2D eigenvalue weighted by Gasteiger charge is -2.32. The van der Waals surface area contributed by atoms with Gasteiger partial charge in [-0.15, -0.1) is 5.10 Å². The number of nitrogens with zero attached hydrogens (tertiary/aromatic N) is 7. The molecule has 1 amide bonds. The Hall–Kier alpha value is -2.77. The highest BCUT2D eigenvalue weighted by Gasteiger charge is 2.26. The van der Waals surface area contributed by atoms with E-state index in [1.807, 2.05) is 28.0 Å². The zero-order valence-corrected chi connectivity index (χ0v) is 15.8. The average molecular weight is 367 g/mol. The van der Waals surface area contributed by atoms with Crippen LogP contribution in [-0.2, 0) is 13.0 Å². The van der Waals surface area contributed by atoms with Crippen LogP contribution >= 0.6 is 0 Å². The second-order valence-corrected chi connectivity index (χ2v) is 7.74. The van der Waals surface area contributed by atoms with Gasteiger partial charge >= 0.3 is 0 Å². The maximum absolute atomic E-state index is 12.9. The summed E-state index contributed by atoms with van der Waals surface area (Å²) in [6.45, 7) is 6.64. The Kier molecular flexibility index (Phi) is 4.87. The molecule has 0 aliphatic carbocycles. The third kappa shape index (κ3) is 3.99. The predicted molar refractivity (Wildman–Crippen MR) is 100 cm³/mol. The topological polar surface area (TPSA) is 81.2 Å². The van der Waals surface area contributed by atoms with Crippen LogP contribution in [0.15, 0.2) is 30.9 Å². The zero-order valence-electron chi connectivity index (χ0n) is 15.8. The lowest BCUT2D eigenvalue weighted by molar-refractivity contribution is 0.0654. The Morgan fingerprint density at radius 1 is 1.33 bits per heavy atom. The maximum atomic E-state index is 12.9. The Morgan fingerprint density at radius 2 is 2.22 bits per heavy atom. The Labute approximate surface area is 158 Å². The van der Waals surface area contributed by atoms with E-state index in [9.17, 15) is 4.79 Å². The molecule has 8 nitrogen and oxygen atoms in total. The van der Waals surface area contributed by atoms with Gasteiger partial charge in [0.25, 0.3) is 5.91 Å². The smallest absolute Gasteiger partial charge is 0.274 e. The average Bonchev–Trinajstić information content (AvgIpc) is 3.27. The van der Waals surface area contributed by atoms with Gasteiger partial charge in [0.05, 0.1) is 5.69 Å². The maximum Gasteiger partial charge on any atom is 0.274 e. The van der Waals surface area contributed by atoms with Crippen LogP contribution in [0.25, 0.3) is 5.78 Å². The number of carbonyl (C=O) groups is 1. The van der Waals surface area contributed by atoms with Gasteiger partial charge in [-0.3, -0.25) is 13.9 Å². The summed E-state index contributed by atoms with van der Waals surface area (Å²) >= 11 is 0. The molecule has 0 radical (unpaired) electrons. The number of carbonyl (C=O) groups excluding carboxylic acids is 1.